The van der Waals surface area contributed by atoms with Crippen molar-refractivity contribution in [3.8, 4) is 0 Å². The van der Waals surface area contributed by atoms with Gasteiger partial charge in [0.1, 0.15) is 5.52 Å². The number of morpholine rings is 1. The lowest BCUT2D eigenvalue weighted by Crippen LogP contribution is -2.48. The Morgan fingerprint density at radius 2 is 2.35 bits per heavy atom. The third-order valence-corrected chi connectivity index (χ3v) is 4.06. The van der Waals surface area contributed by atoms with Gasteiger partial charge in [0.05, 0.1) is 25.9 Å². The maximum atomic E-state index is 9.21. The van der Waals surface area contributed by atoms with Gasteiger partial charge < -0.3 is 14.3 Å². The quantitative estimate of drug-likeness (QED) is 0.927. The average Bonchev–Trinajstić information content (AvgIpc) is 2.82. The highest BCUT2D eigenvalue weighted by atomic mass is 79.9. The van der Waals surface area contributed by atoms with E-state index in [9.17, 15) is 5.11 Å². The molecule has 1 aliphatic heterocycles. The van der Waals surface area contributed by atoms with Crippen molar-refractivity contribution in [3.05, 3.63) is 28.6 Å². The number of aliphatic hydroxyl groups excluding tert-OH is 1. The number of benzene rings is 1. The van der Waals surface area contributed by atoms with Crippen LogP contribution in [0.25, 0.3) is 11.1 Å². The van der Waals surface area contributed by atoms with Crippen molar-refractivity contribution in [2.45, 2.75) is 25.6 Å². The first-order valence-electron chi connectivity index (χ1n) is 6.67. The van der Waals surface area contributed by atoms with E-state index in [2.05, 4.69) is 32.7 Å². The number of nitrogens with zero attached hydrogens (tertiary/aromatic N) is 2. The lowest BCUT2D eigenvalue weighted by atomic mass is 10.2. The van der Waals surface area contributed by atoms with Crippen LogP contribution >= 0.6 is 15.9 Å². The summed E-state index contributed by atoms with van der Waals surface area (Å²) in [5.41, 5.74) is 1.65. The van der Waals surface area contributed by atoms with Crippen LogP contribution in [-0.4, -0.2) is 46.9 Å². The van der Waals surface area contributed by atoms with Crippen molar-refractivity contribution in [1.82, 2.24) is 9.88 Å². The molecule has 3 rings (SSSR count). The zero-order chi connectivity index (χ0) is 14.1. The van der Waals surface area contributed by atoms with Crippen molar-refractivity contribution in [2.75, 3.05) is 19.8 Å². The van der Waals surface area contributed by atoms with Gasteiger partial charge in [0.15, 0.2) is 5.58 Å². The lowest BCUT2D eigenvalue weighted by Gasteiger charge is -2.36. The third-order valence-electron chi connectivity index (χ3n) is 3.57. The van der Waals surface area contributed by atoms with E-state index in [4.69, 9.17) is 9.15 Å². The van der Waals surface area contributed by atoms with Crippen LogP contribution in [0, 0.1) is 0 Å². The van der Waals surface area contributed by atoms with Crippen molar-refractivity contribution in [2.24, 2.45) is 0 Å². The number of halogens is 1. The Morgan fingerprint density at radius 3 is 3.15 bits per heavy atom. The molecule has 2 aromatic rings. The molecule has 5 nitrogen and oxygen atoms in total. The highest BCUT2D eigenvalue weighted by Gasteiger charge is 2.26. The molecule has 1 saturated heterocycles. The monoisotopic (exact) mass is 340 g/mol. The molecule has 108 valence electrons. The average molecular weight is 341 g/mol. The van der Waals surface area contributed by atoms with Gasteiger partial charge in [0, 0.05) is 17.1 Å². The van der Waals surface area contributed by atoms with Crippen molar-refractivity contribution in [3.63, 3.8) is 0 Å². The van der Waals surface area contributed by atoms with Crippen LogP contribution in [0.4, 0.5) is 0 Å². The highest BCUT2D eigenvalue weighted by Crippen LogP contribution is 2.22. The van der Waals surface area contributed by atoms with Crippen LogP contribution in [-0.2, 0) is 11.3 Å². The Bertz CT molecular complexity index is 601. The molecule has 2 heterocycles. The first-order chi connectivity index (χ1) is 9.65. The Balaban J connectivity index is 1.77. The number of aliphatic hydroxyl groups is 1. The normalized spacial score (nSPS) is 24.4. The van der Waals surface area contributed by atoms with E-state index < -0.39 is 0 Å². The predicted molar refractivity (Wildman–Crippen MR) is 78.4 cm³/mol. The summed E-state index contributed by atoms with van der Waals surface area (Å²) in [5, 5.41) is 9.21. The van der Waals surface area contributed by atoms with Crippen molar-refractivity contribution >= 4 is 27.0 Å². The zero-order valence-corrected chi connectivity index (χ0v) is 12.8. The molecule has 0 bridgehead atoms. The molecule has 0 aliphatic carbocycles. The number of fused-ring (bicyclic) bond motifs is 1. The van der Waals surface area contributed by atoms with Crippen LogP contribution in [0.15, 0.2) is 27.1 Å². The maximum absolute atomic E-state index is 9.21. The van der Waals surface area contributed by atoms with Crippen LogP contribution in [0.5, 0.6) is 0 Å². The number of rotatable bonds is 3. The topological polar surface area (TPSA) is 58.7 Å². The fourth-order valence-corrected chi connectivity index (χ4v) is 2.73. The molecule has 1 fully saturated rings. The van der Waals surface area contributed by atoms with E-state index >= 15 is 0 Å². The first kappa shape index (κ1) is 14.0. The SMILES string of the molecule is C[C@@H]1CO[C@@H](CO)CN1Cc1nc2ccc(Br)cc2o1. The van der Waals surface area contributed by atoms with Crippen molar-refractivity contribution < 1.29 is 14.3 Å². The van der Waals surface area contributed by atoms with Crippen LogP contribution < -0.4 is 0 Å². The molecular formula is C14H17BrN2O3. The molecule has 1 N–H and O–H groups in total. The van der Waals surface area contributed by atoms with Gasteiger partial charge in [-0.2, -0.15) is 0 Å². The molecule has 1 aliphatic rings. The van der Waals surface area contributed by atoms with Gasteiger partial charge in [0.2, 0.25) is 5.89 Å². The Hall–Kier alpha value is -0.950. The molecule has 0 saturated carbocycles. The van der Waals surface area contributed by atoms with Crippen LogP contribution in [0.2, 0.25) is 0 Å². The third kappa shape index (κ3) is 2.88. The Kier molecular flexibility index (Phi) is 4.07. The molecule has 20 heavy (non-hydrogen) atoms. The Labute approximate surface area is 125 Å². The molecule has 0 radical (unpaired) electrons. The van der Waals surface area contributed by atoms with Gasteiger partial charge in [-0.3, -0.25) is 4.90 Å². The van der Waals surface area contributed by atoms with Crippen LogP contribution in [0.3, 0.4) is 0 Å². The summed E-state index contributed by atoms with van der Waals surface area (Å²) in [5.74, 6) is 0.698. The van der Waals surface area contributed by atoms with Gasteiger partial charge in [-0.05, 0) is 25.1 Å². The molecule has 0 spiro atoms. The summed E-state index contributed by atoms with van der Waals surface area (Å²) < 4.78 is 12.3. The number of hydrogen-bond acceptors (Lipinski definition) is 5. The summed E-state index contributed by atoms with van der Waals surface area (Å²) >= 11 is 3.42. The second-order valence-electron chi connectivity index (χ2n) is 5.14. The lowest BCUT2D eigenvalue weighted by molar-refractivity contribution is -0.0823. The zero-order valence-electron chi connectivity index (χ0n) is 11.3. The first-order valence-corrected chi connectivity index (χ1v) is 7.46. The molecular weight excluding hydrogens is 324 g/mol. The standard InChI is InChI=1S/C14H17BrN2O3/c1-9-8-19-11(7-18)5-17(9)6-14-16-12-3-2-10(15)4-13(12)20-14/h2-4,9,11,18H,5-8H2,1H3/t9-,11-/m1/s1. The number of ether oxygens (including phenoxy) is 1. The highest BCUT2D eigenvalue weighted by molar-refractivity contribution is 9.10. The van der Waals surface area contributed by atoms with E-state index in [-0.39, 0.29) is 12.7 Å². The molecule has 1 aromatic heterocycles. The van der Waals surface area contributed by atoms with Gasteiger partial charge >= 0.3 is 0 Å². The summed E-state index contributed by atoms with van der Waals surface area (Å²) in [4.78, 5) is 6.73. The fourth-order valence-electron chi connectivity index (χ4n) is 2.39. The fraction of sp³-hybridized carbons (Fsp3) is 0.500. The second-order valence-corrected chi connectivity index (χ2v) is 6.05. The van der Waals surface area contributed by atoms with Gasteiger partial charge in [0.25, 0.3) is 0 Å². The predicted octanol–water partition coefficient (Wildman–Crippen LogP) is 2.17. The molecule has 0 amide bonds. The van der Waals surface area contributed by atoms with E-state index in [1.54, 1.807) is 0 Å². The van der Waals surface area contributed by atoms with E-state index in [1.165, 1.54) is 0 Å². The number of oxazole rings is 1. The number of hydrogen-bond donors (Lipinski definition) is 1. The largest absolute Gasteiger partial charge is 0.439 e. The molecule has 2 atom stereocenters. The van der Waals surface area contributed by atoms with Gasteiger partial charge in [-0.1, -0.05) is 15.9 Å². The second kappa shape index (κ2) is 5.81. The maximum Gasteiger partial charge on any atom is 0.209 e. The molecule has 1 aromatic carbocycles. The van der Waals surface area contributed by atoms with E-state index in [0.717, 1.165) is 15.6 Å². The number of aromatic nitrogens is 1. The smallest absolute Gasteiger partial charge is 0.209 e. The van der Waals surface area contributed by atoms with Crippen LogP contribution in [0.1, 0.15) is 12.8 Å². The summed E-state index contributed by atoms with van der Waals surface area (Å²) in [6, 6.07) is 6.10. The summed E-state index contributed by atoms with van der Waals surface area (Å²) in [7, 11) is 0. The molecule has 0 unspecified atom stereocenters. The molecule has 6 heteroatoms. The summed E-state index contributed by atoms with van der Waals surface area (Å²) in [6.07, 6.45) is -0.121. The van der Waals surface area contributed by atoms with Crippen molar-refractivity contribution in [1.29, 1.82) is 0 Å². The van der Waals surface area contributed by atoms with Gasteiger partial charge in [-0.15, -0.1) is 0 Å². The van der Waals surface area contributed by atoms with E-state index in [1.807, 2.05) is 18.2 Å². The Morgan fingerprint density at radius 1 is 1.50 bits per heavy atom. The van der Waals surface area contributed by atoms with Gasteiger partial charge in [-0.25, -0.2) is 4.98 Å². The minimum absolute atomic E-state index is 0.0454. The minimum atomic E-state index is -0.121. The minimum Gasteiger partial charge on any atom is -0.439 e. The summed E-state index contributed by atoms with van der Waals surface area (Å²) in [6.45, 7) is 4.10. The van der Waals surface area contributed by atoms with E-state index in [0.29, 0.717) is 31.6 Å².